The van der Waals surface area contributed by atoms with Crippen molar-refractivity contribution in [2.24, 2.45) is 0 Å². The molecule has 0 bridgehead atoms. The Balaban J connectivity index is 1.95. The minimum absolute atomic E-state index is 0.102. The minimum atomic E-state index is -0.628. The van der Waals surface area contributed by atoms with Crippen LogP contribution in [0, 0.1) is 5.82 Å². The van der Waals surface area contributed by atoms with Crippen LogP contribution in [-0.4, -0.2) is 17.3 Å². The van der Waals surface area contributed by atoms with Crippen molar-refractivity contribution < 1.29 is 9.50 Å². The number of nitrogens with one attached hydrogen (secondary N) is 1. The first-order valence-electron chi connectivity index (χ1n) is 7.41. The lowest BCUT2D eigenvalue weighted by Gasteiger charge is -2.29. The third-order valence-electron chi connectivity index (χ3n) is 4.20. The SMILES string of the molecule is CC(NCC1(O)CCCCCC1)c1ccc(Br)cc1F. The van der Waals surface area contributed by atoms with Crippen LogP contribution >= 0.6 is 15.9 Å². The maximum absolute atomic E-state index is 13.9. The van der Waals surface area contributed by atoms with Crippen LogP contribution in [0.1, 0.15) is 57.1 Å². The van der Waals surface area contributed by atoms with Crippen molar-refractivity contribution in [3.05, 3.63) is 34.1 Å². The highest BCUT2D eigenvalue weighted by Gasteiger charge is 2.28. The summed E-state index contributed by atoms with van der Waals surface area (Å²) in [7, 11) is 0. The Hall–Kier alpha value is -0.450. The summed E-state index contributed by atoms with van der Waals surface area (Å²) in [5.41, 5.74) is 0.0155. The van der Waals surface area contributed by atoms with Crippen molar-refractivity contribution in [3.63, 3.8) is 0 Å². The lowest BCUT2D eigenvalue weighted by atomic mass is 9.94. The standard InChI is InChI=1S/C16H23BrFNO/c1-12(14-7-6-13(17)10-15(14)18)19-11-16(20)8-4-2-3-5-9-16/h6-7,10,12,19-20H,2-5,8-9,11H2,1H3. The lowest BCUT2D eigenvalue weighted by Crippen LogP contribution is -2.41. The van der Waals surface area contributed by atoms with Gasteiger partial charge in [-0.2, -0.15) is 0 Å². The van der Waals surface area contributed by atoms with E-state index in [1.54, 1.807) is 6.07 Å². The van der Waals surface area contributed by atoms with E-state index in [0.29, 0.717) is 12.1 Å². The van der Waals surface area contributed by atoms with Gasteiger partial charge in [-0.1, -0.05) is 47.7 Å². The molecule has 1 fully saturated rings. The lowest BCUT2D eigenvalue weighted by molar-refractivity contribution is 0.0230. The molecule has 1 aromatic carbocycles. The zero-order valence-electron chi connectivity index (χ0n) is 12.0. The summed E-state index contributed by atoms with van der Waals surface area (Å²) < 4.78 is 14.6. The first-order valence-corrected chi connectivity index (χ1v) is 8.20. The highest BCUT2D eigenvalue weighted by atomic mass is 79.9. The molecule has 0 spiro atoms. The second kappa shape index (κ2) is 7.01. The third-order valence-corrected chi connectivity index (χ3v) is 4.69. The van der Waals surface area contributed by atoms with Gasteiger partial charge < -0.3 is 10.4 Å². The fourth-order valence-corrected chi connectivity index (χ4v) is 3.20. The van der Waals surface area contributed by atoms with Crippen molar-refractivity contribution in [1.82, 2.24) is 5.32 Å². The van der Waals surface area contributed by atoms with Crippen LogP contribution < -0.4 is 5.32 Å². The molecule has 1 unspecified atom stereocenters. The molecule has 0 amide bonds. The molecule has 1 saturated carbocycles. The molecule has 0 aromatic heterocycles. The van der Waals surface area contributed by atoms with Gasteiger partial charge >= 0.3 is 0 Å². The van der Waals surface area contributed by atoms with Crippen LogP contribution in [0.25, 0.3) is 0 Å². The second-order valence-electron chi connectivity index (χ2n) is 5.91. The molecule has 2 N–H and O–H groups in total. The summed E-state index contributed by atoms with van der Waals surface area (Å²) in [5, 5.41) is 13.9. The summed E-state index contributed by atoms with van der Waals surface area (Å²) in [6, 6.07) is 5.01. The number of rotatable bonds is 4. The average molecular weight is 344 g/mol. The molecule has 1 aromatic rings. The van der Waals surface area contributed by atoms with Crippen molar-refractivity contribution in [3.8, 4) is 0 Å². The largest absolute Gasteiger partial charge is 0.389 e. The van der Waals surface area contributed by atoms with Crippen molar-refractivity contribution in [2.75, 3.05) is 6.54 Å². The fourth-order valence-electron chi connectivity index (χ4n) is 2.87. The van der Waals surface area contributed by atoms with E-state index in [9.17, 15) is 9.50 Å². The zero-order chi connectivity index (χ0) is 14.6. The van der Waals surface area contributed by atoms with Crippen molar-refractivity contribution >= 4 is 15.9 Å². The molecule has 1 aliphatic carbocycles. The van der Waals surface area contributed by atoms with Crippen LogP contribution in [0.15, 0.2) is 22.7 Å². The molecule has 1 atom stereocenters. The topological polar surface area (TPSA) is 32.3 Å². The number of hydrogen-bond acceptors (Lipinski definition) is 2. The Bertz CT molecular complexity index is 444. The predicted molar refractivity (Wildman–Crippen MR) is 83.2 cm³/mol. The fraction of sp³-hybridized carbons (Fsp3) is 0.625. The van der Waals surface area contributed by atoms with Gasteiger partial charge in [0.2, 0.25) is 0 Å². The van der Waals surface area contributed by atoms with Crippen LogP contribution in [0.2, 0.25) is 0 Å². The molecule has 1 aliphatic rings. The summed E-state index contributed by atoms with van der Waals surface area (Å²) >= 11 is 3.26. The van der Waals surface area contributed by atoms with Gasteiger partial charge in [0.15, 0.2) is 0 Å². The smallest absolute Gasteiger partial charge is 0.129 e. The molecule has 20 heavy (non-hydrogen) atoms. The van der Waals surface area contributed by atoms with Gasteiger partial charge in [0.1, 0.15) is 5.82 Å². The van der Waals surface area contributed by atoms with E-state index in [4.69, 9.17) is 0 Å². The van der Waals surface area contributed by atoms with Crippen molar-refractivity contribution in [2.45, 2.75) is 57.1 Å². The van der Waals surface area contributed by atoms with E-state index < -0.39 is 5.60 Å². The Kier molecular flexibility index (Phi) is 5.58. The maximum Gasteiger partial charge on any atom is 0.129 e. The molecular weight excluding hydrogens is 321 g/mol. The Morgan fingerprint density at radius 1 is 1.30 bits per heavy atom. The molecule has 0 radical (unpaired) electrons. The first kappa shape index (κ1) is 15.9. The minimum Gasteiger partial charge on any atom is -0.389 e. The molecule has 4 heteroatoms. The summed E-state index contributed by atoms with van der Waals surface area (Å²) in [4.78, 5) is 0. The Morgan fingerprint density at radius 2 is 1.95 bits per heavy atom. The first-order chi connectivity index (χ1) is 9.50. The Labute approximate surface area is 128 Å². The second-order valence-corrected chi connectivity index (χ2v) is 6.82. The summed E-state index contributed by atoms with van der Waals surface area (Å²) in [6.07, 6.45) is 6.27. The van der Waals surface area contributed by atoms with Crippen LogP contribution in [0.3, 0.4) is 0 Å². The quantitative estimate of drug-likeness (QED) is 0.797. The van der Waals surface area contributed by atoms with Gasteiger partial charge in [0.25, 0.3) is 0 Å². The number of aliphatic hydroxyl groups is 1. The highest BCUT2D eigenvalue weighted by molar-refractivity contribution is 9.10. The predicted octanol–water partition coefficient (Wildman–Crippen LogP) is 4.32. The van der Waals surface area contributed by atoms with Gasteiger partial charge in [0.05, 0.1) is 5.60 Å². The number of benzene rings is 1. The highest BCUT2D eigenvalue weighted by Crippen LogP contribution is 2.27. The molecule has 2 nitrogen and oxygen atoms in total. The van der Waals surface area contributed by atoms with E-state index >= 15 is 0 Å². The van der Waals surface area contributed by atoms with Gasteiger partial charge in [0, 0.05) is 22.6 Å². The molecule has 0 aliphatic heterocycles. The Morgan fingerprint density at radius 3 is 2.55 bits per heavy atom. The summed E-state index contributed by atoms with van der Waals surface area (Å²) in [6.45, 7) is 2.47. The van der Waals surface area contributed by atoms with Gasteiger partial charge in [-0.05, 0) is 31.9 Å². The monoisotopic (exact) mass is 343 g/mol. The van der Waals surface area contributed by atoms with Gasteiger partial charge in [-0.3, -0.25) is 0 Å². The van der Waals surface area contributed by atoms with Gasteiger partial charge in [-0.15, -0.1) is 0 Å². The van der Waals surface area contributed by atoms with Crippen molar-refractivity contribution in [1.29, 1.82) is 0 Å². The van der Waals surface area contributed by atoms with E-state index in [1.807, 2.05) is 13.0 Å². The molecule has 2 rings (SSSR count). The normalized spacial score (nSPS) is 20.4. The van der Waals surface area contributed by atoms with Crippen LogP contribution in [0.5, 0.6) is 0 Å². The van der Waals surface area contributed by atoms with E-state index in [0.717, 1.165) is 30.2 Å². The zero-order valence-corrected chi connectivity index (χ0v) is 13.5. The molecule has 112 valence electrons. The van der Waals surface area contributed by atoms with Crippen LogP contribution in [-0.2, 0) is 0 Å². The molecule has 0 saturated heterocycles. The van der Waals surface area contributed by atoms with Crippen LogP contribution in [0.4, 0.5) is 4.39 Å². The average Bonchev–Trinajstić information content (AvgIpc) is 2.61. The van der Waals surface area contributed by atoms with E-state index in [2.05, 4.69) is 21.2 Å². The molecule has 0 heterocycles. The van der Waals surface area contributed by atoms with E-state index in [1.165, 1.54) is 18.9 Å². The maximum atomic E-state index is 13.9. The van der Waals surface area contributed by atoms with E-state index in [-0.39, 0.29) is 11.9 Å². The number of hydrogen-bond donors (Lipinski definition) is 2. The third kappa shape index (κ3) is 4.27. The summed E-state index contributed by atoms with van der Waals surface area (Å²) in [5.74, 6) is -0.216. The van der Waals surface area contributed by atoms with Gasteiger partial charge in [-0.25, -0.2) is 4.39 Å². The molecular formula is C16H23BrFNO. The number of halogens is 2.